The van der Waals surface area contributed by atoms with Gasteiger partial charge in [0.15, 0.2) is 0 Å². The van der Waals surface area contributed by atoms with Gasteiger partial charge in [-0.3, -0.25) is 0 Å². The number of benzene rings is 1. The van der Waals surface area contributed by atoms with E-state index in [1.54, 1.807) is 0 Å². The smallest absolute Gasteiger partial charge is 0.266 e. The molecule has 2 N–H and O–H groups in total. The molecular weight excluding hydrogens is 269 g/mol. The van der Waals surface area contributed by atoms with Crippen LogP contribution in [-0.4, -0.2) is 19.9 Å². The van der Waals surface area contributed by atoms with E-state index in [2.05, 4.69) is 15.0 Å². The Morgan fingerprint density at radius 2 is 2.05 bits per heavy atom. The molecule has 5 rings (SSSR count). The van der Waals surface area contributed by atoms with Crippen LogP contribution in [0.3, 0.4) is 0 Å². The molecule has 0 saturated heterocycles. The third-order valence-corrected chi connectivity index (χ3v) is 5.45. The summed E-state index contributed by atoms with van der Waals surface area (Å²) in [5.74, 6) is 0.439. The maximum atomic E-state index is 13.1. The Kier molecular flexibility index (Phi) is 1.93. The van der Waals surface area contributed by atoms with Crippen molar-refractivity contribution in [2.24, 2.45) is 10.9 Å². The highest BCUT2D eigenvalue weighted by atomic mass is 32.2. The van der Waals surface area contributed by atoms with Crippen LogP contribution >= 0.6 is 0 Å². The second kappa shape index (κ2) is 3.27. The quantitative estimate of drug-likeness (QED) is 0.818. The van der Waals surface area contributed by atoms with E-state index in [-0.39, 0.29) is 16.4 Å². The lowest BCUT2D eigenvalue weighted by Crippen LogP contribution is -2.58. The Hall–Kier alpha value is -1.63. The molecule has 2 bridgehead atoms. The Bertz CT molecular complexity index is 697. The minimum absolute atomic E-state index is 0.0624. The molecule has 0 unspecified atom stereocenters. The zero-order valence-corrected chi connectivity index (χ0v) is 10.8. The van der Waals surface area contributed by atoms with Crippen molar-refractivity contribution in [3.05, 3.63) is 24.0 Å². The first kappa shape index (κ1) is 11.2. The Morgan fingerprint density at radius 1 is 1.32 bits per heavy atom. The van der Waals surface area contributed by atoms with Crippen LogP contribution in [0.4, 0.5) is 10.1 Å². The van der Waals surface area contributed by atoms with Gasteiger partial charge in [0.25, 0.3) is 10.0 Å². The third-order valence-electron chi connectivity index (χ3n) is 4.07. The van der Waals surface area contributed by atoms with Gasteiger partial charge in [-0.1, -0.05) is 0 Å². The van der Waals surface area contributed by atoms with Crippen LogP contribution in [0.25, 0.3) is 0 Å². The molecule has 100 valence electrons. The number of aliphatic imine (C=N–C) groups is 1. The van der Waals surface area contributed by atoms with Crippen LogP contribution in [0, 0.1) is 11.7 Å². The van der Waals surface area contributed by atoms with Crippen molar-refractivity contribution in [1.29, 1.82) is 0 Å². The van der Waals surface area contributed by atoms with Crippen LogP contribution in [0.2, 0.25) is 0 Å². The van der Waals surface area contributed by atoms with Crippen LogP contribution in [0.5, 0.6) is 0 Å². The summed E-state index contributed by atoms with van der Waals surface area (Å²) in [6.07, 6.45) is 3.11. The lowest BCUT2D eigenvalue weighted by atomic mass is 9.50. The summed E-state index contributed by atoms with van der Waals surface area (Å²) in [5, 5.41) is 2.92. The predicted molar refractivity (Wildman–Crippen MR) is 67.9 cm³/mol. The van der Waals surface area contributed by atoms with Gasteiger partial charge in [0.05, 0.1) is 11.2 Å². The van der Waals surface area contributed by atoms with Crippen molar-refractivity contribution < 1.29 is 12.8 Å². The first-order valence-electron chi connectivity index (χ1n) is 6.15. The van der Waals surface area contributed by atoms with E-state index in [0.717, 1.165) is 31.2 Å². The molecule has 7 heteroatoms. The molecule has 1 aromatic carbocycles. The fourth-order valence-corrected chi connectivity index (χ4v) is 4.15. The van der Waals surface area contributed by atoms with Gasteiger partial charge in [0.1, 0.15) is 10.7 Å². The normalized spacial score (nSPS) is 35.4. The average Bonchev–Trinajstić information content (AvgIpc) is 2.22. The minimum atomic E-state index is -3.74. The molecule has 3 aliphatic carbocycles. The zero-order chi connectivity index (χ0) is 13.3. The van der Waals surface area contributed by atoms with E-state index in [9.17, 15) is 12.8 Å². The van der Waals surface area contributed by atoms with E-state index in [4.69, 9.17) is 0 Å². The van der Waals surface area contributed by atoms with Gasteiger partial charge in [0, 0.05) is 0 Å². The number of halogens is 1. The summed E-state index contributed by atoms with van der Waals surface area (Å²) in [6, 6.07) is 3.65. The number of anilines is 1. The molecule has 0 spiro atoms. The monoisotopic (exact) mass is 281 g/mol. The number of hydrogen-bond donors (Lipinski definition) is 2. The van der Waals surface area contributed by atoms with E-state index >= 15 is 0 Å². The summed E-state index contributed by atoms with van der Waals surface area (Å²) < 4.78 is 39.6. The first-order valence-corrected chi connectivity index (χ1v) is 7.63. The molecule has 3 saturated carbocycles. The number of sulfonamides is 1. The van der Waals surface area contributed by atoms with Crippen molar-refractivity contribution in [2.45, 2.75) is 29.7 Å². The third kappa shape index (κ3) is 1.57. The number of guanidine groups is 1. The summed E-state index contributed by atoms with van der Waals surface area (Å²) in [4.78, 5) is 4.40. The van der Waals surface area contributed by atoms with Gasteiger partial charge in [-0.15, -0.1) is 0 Å². The minimum Gasteiger partial charge on any atom is -0.324 e. The zero-order valence-electron chi connectivity index (χ0n) is 9.98. The van der Waals surface area contributed by atoms with Crippen LogP contribution in [-0.2, 0) is 10.0 Å². The number of hydrogen-bond acceptors (Lipinski definition) is 3. The van der Waals surface area contributed by atoms with E-state index in [0.29, 0.717) is 5.69 Å². The van der Waals surface area contributed by atoms with E-state index < -0.39 is 15.8 Å². The standard InChI is InChI=1S/C12H12FN3O2S/c13-8-1-2-9-10(3-8)19(17,18)16-11(14-9)15-12-4-7(5-12)6-12/h1-3,7H,4-6H2,(H2,14,15,16). The fourth-order valence-electron chi connectivity index (χ4n) is 3.01. The van der Waals surface area contributed by atoms with Gasteiger partial charge in [-0.2, -0.15) is 0 Å². The van der Waals surface area contributed by atoms with Crippen LogP contribution < -0.4 is 10.0 Å². The van der Waals surface area contributed by atoms with Gasteiger partial charge in [-0.05, 0) is 43.4 Å². The highest BCUT2D eigenvalue weighted by molar-refractivity contribution is 7.90. The molecule has 3 fully saturated rings. The lowest BCUT2D eigenvalue weighted by molar-refractivity contribution is -0.0147. The average molecular weight is 281 g/mol. The molecule has 1 aromatic rings. The summed E-state index contributed by atoms with van der Waals surface area (Å²) in [6.45, 7) is 0. The number of rotatable bonds is 1. The highest BCUT2D eigenvalue weighted by Crippen LogP contribution is 2.59. The van der Waals surface area contributed by atoms with Crippen molar-refractivity contribution in [1.82, 2.24) is 4.72 Å². The Morgan fingerprint density at radius 3 is 2.68 bits per heavy atom. The molecule has 19 heavy (non-hydrogen) atoms. The van der Waals surface area contributed by atoms with Crippen molar-refractivity contribution >= 4 is 21.7 Å². The molecule has 0 aromatic heterocycles. The maximum absolute atomic E-state index is 13.1. The highest BCUT2D eigenvalue weighted by Gasteiger charge is 2.57. The molecule has 0 amide bonds. The maximum Gasteiger partial charge on any atom is 0.266 e. The van der Waals surface area contributed by atoms with Crippen molar-refractivity contribution in [2.75, 3.05) is 5.32 Å². The summed E-state index contributed by atoms with van der Waals surface area (Å²) >= 11 is 0. The summed E-state index contributed by atoms with van der Waals surface area (Å²) in [7, 11) is -3.74. The molecule has 1 aliphatic heterocycles. The largest absolute Gasteiger partial charge is 0.324 e. The Labute approximate surface area is 110 Å². The van der Waals surface area contributed by atoms with Crippen LogP contribution in [0.1, 0.15) is 19.3 Å². The SMILES string of the molecule is O=S1(=O)NC(=NC23CC(C2)C3)Nc2ccc(F)cc21. The number of fused-ring (bicyclic) bond motifs is 1. The van der Waals surface area contributed by atoms with Crippen molar-refractivity contribution in [3.63, 3.8) is 0 Å². The predicted octanol–water partition coefficient (Wildman–Crippen LogP) is 1.44. The van der Waals surface area contributed by atoms with E-state index in [1.807, 2.05) is 0 Å². The second-order valence-corrected chi connectivity index (χ2v) is 7.18. The molecule has 4 aliphatic rings. The van der Waals surface area contributed by atoms with Gasteiger partial charge < -0.3 is 5.32 Å². The molecule has 0 radical (unpaired) electrons. The first-order chi connectivity index (χ1) is 8.96. The summed E-state index contributed by atoms with van der Waals surface area (Å²) in [5.41, 5.74) is 0.304. The van der Waals surface area contributed by atoms with Gasteiger partial charge in [-0.25, -0.2) is 22.5 Å². The molecule has 0 atom stereocenters. The van der Waals surface area contributed by atoms with E-state index in [1.165, 1.54) is 12.1 Å². The van der Waals surface area contributed by atoms with Gasteiger partial charge in [0.2, 0.25) is 5.96 Å². The molecular formula is C12H12FN3O2S. The molecule has 1 heterocycles. The second-order valence-electron chi connectivity index (χ2n) is 5.53. The molecule has 5 nitrogen and oxygen atoms in total. The number of nitrogens with zero attached hydrogens (tertiary/aromatic N) is 1. The lowest BCUT2D eigenvalue weighted by Gasteiger charge is -2.59. The van der Waals surface area contributed by atoms with Crippen LogP contribution in [0.15, 0.2) is 28.1 Å². The topological polar surface area (TPSA) is 70.6 Å². The van der Waals surface area contributed by atoms with Gasteiger partial charge >= 0.3 is 0 Å². The van der Waals surface area contributed by atoms with Crippen molar-refractivity contribution in [3.8, 4) is 0 Å². The fraction of sp³-hybridized carbons (Fsp3) is 0.417. The number of nitrogens with one attached hydrogen (secondary N) is 2. The Balaban J connectivity index is 1.75.